The zero-order valence-corrected chi connectivity index (χ0v) is 38.7. The highest BCUT2D eigenvalue weighted by Gasteiger charge is 2.17. The van der Waals surface area contributed by atoms with Gasteiger partial charge >= 0.3 is 0 Å². The van der Waals surface area contributed by atoms with Gasteiger partial charge in [-0.2, -0.15) is 0 Å². The Kier molecular flexibility index (Phi) is 9.53. The lowest BCUT2D eigenvalue weighted by molar-refractivity contribution is 1.28. The Morgan fingerprint density at radius 2 is 0.620 bits per heavy atom. The SMILES string of the molecule is c1ccc(-c2cc(-c3ccc(N(c4ccc(-c5ccc6c7ccccc7c7ccccc7c6c5)cc4)c4ccc(-c5ccc6c7ccccc7c7ccccc7c6c5)cc4)cc3)nc3cccnc23)cc1. The standard InChI is InChI=1S/C68H43N3/c1-2-13-46(14-3-1)63-43-67(70-66-23-12-40-69-68(63)66)47-28-36-52(37-29-47)71(50-32-24-44(25-33-50)48-30-38-61-57-19-6-4-15-53(57)55-17-8-10-21-59(55)64(61)41-48)51-34-26-45(27-35-51)49-31-39-62-58-20-7-5-16-54(58)56-18-9-11-22-60(56)65(62)42-49/h1-43H. The number of benzene rings is 12. The summed E-state index contributed by atoms with van der Waals surface area (Å²) in [6.45, 7) is 0. The van der Waals surface area contributed by atoms with Crippen LogP contribution >= 0.6 is 0 Å². The number of pyridine rings is 2. The molecule has 0 spiro atoms. The zero-order chi connectivity index (χ0) is 46.8. The first kappa shape index (κ1) is 40.6. The van der Waals surface area contributed by atoms with Crippen molar-refractivity contribution in [3.05, 3.63) is 261 Å². The van der Waals surface area contributed by atoms with Gasteiger partial charge in [-0.25, -0.2) is 4.98 Å². The van der Waals surface area contributed by atoms with Gasteiger partial charge < -0.3 is 4.90 Å². The smallest absolute Gasteiger partial charge is 0.0965 e. The van der Waals surface area contributed by atoms with E-state index >= 15 is 0 Å². The van der Waals surface area contributed by atoms with Crippen LogP contribution in [-0.2, 0) is 0 Å². The first-order valence-corrected chi connectivity index (χ1v) is 24.3. The third-order valence-electron chi connectivity index (χ3n) is 14.5. The Morgan fingerprint density at radius 3 is 1.06 bits per heavy atom. The first-order valence-electron chi connectivity index (χ1n) is 24.3. The van der Waals surface area contributed by atoms with Crippen LogP contribution in [0.15, 0.2) is 261 Å². The second kappa shape index (κ2) is 16.7. The summed E-state index contributed by atoms with van der Waals surface area (Å²) in [5.74, 6) is 0. The molecule has 2 heterocycles. The molecule has 0 N–H and O–H groups in total. The number of hydrogen-bond acceptors (Lipinski definition) is 3. The fraction of sp³-hybridized carbons (Fsp3) is 0. The average molecular weight is 902 g/mol. The second-order valence-electron chi connectivity index (χ2n) is 18.5. The molecular weight excluding hydrogens is 859 g/mol. The lowest BCUT2D eigenvalue weighted by Gasteiger charge is -2.26. The largest absolute Gasteiger partial charge is 0.311 e. The fourth-order valence-corrected chi connectivity index (χ4v) is 11.1. The maximum absolute atomic E-state index is 5.12. The quantitative estimate of drug-likeness (QED) is 0.149. The lowest BCUT2D eigenvalue weighted by atomic mass is 9.92. The minimum absolute atomic E-state index is 0.871. The summed E-state index contributed by atoms with van der Waals surface area (Å²) in [6, 6.07) is 92.5. The highest BCUT2D eigenvalue weighted by atomic mass is 15.1. The molecule has 14 rings (SSSR count). The molecule has 0 amide bonds. The van der Waals surface area contributed by atoms with Crippen molar-refractivity contribution in [2.75, 3.05) is 4.90 Å². The number of fused-ring (bicyclic) bond motifs is 13. The number of hydrogen-bond donors (Lipinski definition) is 0. The molecule has 71 heavy (non-hydrogen) atoms. The zero-order valence-electron chi connectivity index (χ0n) is 38.7. The molecule has 0 bridgehead atoms. The van der Waals surface area contributed by atoms with Crippen molar-refractivity contribution in [1.29, 1.82) is 0 Å². The molecule has 0 saturated carbocycles. The Bertz CT molecular complexity index is 4100. The lowest BCUT2D eigenvalue weighted by Crippen LogP contribution is -2.09. The monoisotopic (exact) mass is 901 g/mol. The van der Waals surface area contributed by atoms with Crippen molar-refractivity contribution in [2.45, 2.75) is 0 Å². The molecule has 0 saturated heterocycles. The van der Waals surface area contributed by atoms with Gasteiger partial charge in [0, 0.05) is 34.4 Å². The van der Waals surface area contributed by atoms with Crippen LogP contribution in [-0.4, -0.2) is 9.97 Å². The molecule has 12 aromatic carbocycles. The highest BCUT2D eigenvalue weighted by Crippen LogP contribution is 2.42. The molecule has 0 fully saturated rings. The van der Waals surface area contributed by atoms with Crippen LogP contribution in [0, 0.1) is 0 Å². The van der Waals surface area contributed by atoms with E-state index in [1.54, 1.807) is 0 Å². The van der Waals surface area contributed by atoms with Gasteiger partial charge in [0.05, 0.1) is 16.7 Å². The van der Waals surface area contributed by atoms with E-state index < -0.39 is 0 Å². The molecule has 0 aliphatic rings. The van der Waals surface area contributed by atoms with E-state index in [1.165, 1.54) is 86.9 Å². The number of rotatable bonds is 7. The molecule has 0 radical (unpaired) electrons. The van der Waals surface area contributed by atoms with E-state index in [9.17, 15) is 0 Å². The van der Waals surface area contributed by atoms with E-state index in [1.807, 2.05) is 24.4 Å². The van der Waals surface area contributed by atoms with Crippen LogP contribution in [0.4, 0.5) is 17.1 Å². The summed E-state index contributed by atoms with van der Waals surface area (Å²) in [6.07, 6.45) is 1.84. The van der Waals surface area contributed by atoms with Crippen molar-refractivity contribution in [1.82, 2.24) is 9.97 Å². The predicted molar refractivity (Wildman–Crippen MR) is 301 cm³/mol. The van der Waals surface area contributed by atoms with Crippen molar-refractivity contribution >= 4 is 92.7 Å². The van der Waals surface area contributed by atoms with Gasteiger partial charge in [-0.15, -0.1) is 0 Å². The van der Waals surface area contributed by atoms with Gasteiger partial charge in [0.25, 0.3) is 0 Å². The molecule has 0 atom stereocenters. The maximum atomic E-state index is 5.12. The average Bonchev–Trinajstić information content (AvgIpc) is 3.45. The van der Waals surface area contributed by atoms with Gasteiger partial charge in [-0.3, -0.25) is 4.98 Å². The maximum Gasteiger partial charge on any atom is 0.0965 e. The normalized spacial score (nSPS) is 11.7. The van der Waals surface area contributed by atoms with Gasteiger partial charge in [-0.05, 0) is 159 Å². The molecule has 3 nitrogen and oxygen atoms in total. The number of nitrogens with zero attached hydrogens (tertiary/aromatic N) is 3. The third-order valence-corrected chi connectivity index (χ3v) is 14.5. The fourth-order valence-electron chi connectivity index (χ4n) is 11.1. The summed E-state index contributed by atoms with van der Waals surface area (Å²) in [5.41, 5.74) is 13.8. The minimum Gasteiger partial charge on any atom is -0.311 e. The predicted octanol–water partition coefficient (Wildman–Crippen LogP) is 18.7. The summed E-state index contributed by atoms with van der Waals surface area (Å²) in [7, 11) is 0. The van der Waals surface area contributed by atoms with Crippen molar-refractivity contribution in [3.8, 4) is 44.6 Å². The Labute approximate surface area is 411 Å². The van der Waals surface area contributed by atoms with Gasteiger partial charge in [-0.1, -0.05) is 188 Å². The summed E-state index contributed by atoms with van der Waals surface area (Å²) >= 11 is 0. The molecule has 0 aliphatic heterocycles. The number of anilines is 3. The van der Waals surface area contributed by atoms with Crippen LogP contribution in [0.25, 0.3) is 120 Å². The Hall–Kier alpha value is -9.44. The number of aromatic nitrogens is 2. The summed E-state index contributed by atoms with van der Waals surface area (Å²) in [5, 5.41) is 15.3. The first-order chi connectivity index (χ1) is 35.2. The van der Waals surface area contributed by atoms with Crippen molar-refractivity contribution in [2.24, 2.45) is 0 Å². The van der Waals surface area contributed by atoms with E-state index in [2.05, 4.69) is 241 Å². The molecular formula is C68H43N3. The molecule has 330 valence electrons. The van der Waals surface area contributed by atoms with Crippen LogP contribution < -0.4 is 4.90 Å². The third kappa shape index (κ3) is 6.89. The Balaban J connectivity index is 0.866. The summed E-state index contributed by atoms with van der Waals surface area (Å²) in [4.78, 5) is 12.2. The van der Waals surface area contributed by atoms with Crippen LogP contribution in [0.2, 0.25) is 0 Å². The second-order valence-corrected chi connectivity index (χ2v) is 18.5. The summed E-state index contributed by atoms with van der Waals surface area (Å²) < 4.78 is 0. The van der Waals surface area contributed by atoms with E-state index in [-0.39, 0.29) is 0 Å². The molecule has 3 heteroatoms. The van der Waals surface area contributed by atoms with Crippen LogP contribution in [0.3, 0.4) is 0 Å². The highest BCUT2D eigenvalue weighted by molar-refractivity contribution is 6.27. The van der Waals surface area contributed by atoms with E-state index in [4.69, 9.17) is 9.97 Å². The van der Waals surface area contributed by atoms with Gasteiger partial charge in [0.1, 0.15) is 0 Å². The van der Waals surface area contributed by atoms with Crippen molar-refractivity contribution in [3.63, 3.8) is 0 Å². The topological polar surface area (TPSA) is 29.0 Å². The van der Waals surface area contributed by atoms with E-state index in [0.29, 0.717) is 0 Å². The molecule has 14 aromatic rings. The van der Waals surface area contributed by atoms with Crippen LogP contribution in [0.5, 0.6) is 0 Å². The molecule has 2 aromatic heterocycles. The molecule has 0 unspecified atom stereocenters. The Morgan fingerprint density at radius 1 is 0.254 bits per heavy atom. The van der Waals surface area contributed by atoms with Crippen LogP contribution in [0.1, 0.15) is 0 Å². The van der Waals surface area contributed by atoms with Gasteiger partial charge in [0.2, 0.25) is 0 Å². The van der Waals surface area contributed by atoms with Crippen molar-refractivity contribution < 1.29 is 0 Å². The minimum atomic E-state index is 0.871. The molecule has 0 aliphatic carbocycles. The van der Waals surface area contributed by atoms with E-state index in [0.717, 1.165) is 50.5 Å². The van der Waals surface area contributed by atoms with Gasteiger partial charge in [0.15, 0.2) is 0 Å².